The normalized spacial score (nSPS) is 14.7. The predicted molar refractivity (Wildman–Crippen MR) is 52.7 cm³/mol. The summed E-state index contributed by atoms with van der Waals surface area (Å²) in [6, 6.07) is 2.38. The van der Waals surface area contributed by atoms with E-state index in [9.17, 15) is 0 Å². The van der Waals surface area contributed by atoms with Crippen LogP contribution in [0.25, 0.3) is 0 Å². The van der Waals surface area contributed by atoms with Crippen LogP contribution >= 0.6 is 0 Å². The molecule has 0 spiro atoms. The molecule has 0 aliphatic rings. The molecule has 0 fully saturated rings. The average molecular weight is 165 g/mol. The highest BCUT2D eigenvalue weighted by atomic mass is 14.3. The number of nitrogens with zero attached hydrogens (tertiary/aromatic N) is 1. The Balaban J connectivity index is 4.46. The van der Waals surface area contributed by atoms with Crippen LogP contribution in [0.4, 0.5) is 0 Å². The quantitative estimate of drug-likeness (QED) is 0.585. The van der Waals surface area contributed by atoms with E-state index in [1.165, 1.54) is 11.1 Å². The van der Waals surface area contributed by atoms with Gasteiger partial charge in [0.25, 0.3) is 0 Å². The van der Waals surface area contributed by atoms with Gasteiger partial charge in [-0.1, -0.05) is 18.1 Å². The minimum atomic E-state index is -0.165. The average Bonchev–Trinajstić information content (AvgIpc) is 2.04. The van der Waals surface area contributed by atoms with E-state index in [0.29, 0.717) is 0 Å². The Morgan fingerprint density at radius 2 is 1.83 bits per heavy atom. The van der Waals surface area contributed by atoms with E-state index in [2.05, 4.69) is 33.8 Å². The van der Waals surface area contributed by atoms with Crippen LogP contribution in [0.1, 0.15) is 47.5 Å². The molecule has 1 atom stereocenters. The molecule has 0 amide bonds. The van der Waals surface area contributed by atoms with Crippen LogP contribution in [0.3, 0.4) is 0 Å². The van der Waals surface area contributed by atoms with Gasteiger partial charge < -0.3 is 0 Å². The lowest BCUT2D eigenvalue weighted by Gasteiger charge is -2.20. The summed E-state index contributed by atoms with van der Waals surface area (Å²) in [5.41, 5.74) is 2.52. The zero-order valence-corrected chi connectivity index (χ0v) is 8.86. The molecule has 0 aromatic heterocycles. The van der Waals surface area contributed by atoms with Gasteiger partial charge in [-0.3, -0.25) is 0 Å². The van der Waals surface area contributed by atoms with Crippen LogP contribution in [0.5, 0.6) is 0 Å². The third-order valence-electron chi connectivity index (χ3n) is 2.56. The highest BCUT2D eigenvalue weighted by Gasteiger charge is 2.21. The van der Waals surface area contributed by atoms with Crippen molar-refractivity contribution in [3.63, 3.8) is 0 Å². The SMILES string of the molecule is CCC(C)(C#N)CC(C)=C(C)C. The van der Waals surface area contributed by atoms with Crippen molar-refractivity contribution in [1.29, 1.82) is 5.26 Å². The molecule has 1 heteroatoms. The molecule has 1 unspecified atom stereocenters. The van der Waals surface area contributed by atoms with Crippen LogP contribution in [-0.4, -0.2) is 0 Å². The first kappa shape index (κ1) is 11.2. The second-order valence-electron chi connectivity index (χ2n) is 3.98. The third kappa shape index (κ3) is 3.09. The second kappa shape index (κ2) is 4.30. The molecule has 0 saturated heterocycles. The first-order chi connectivity index (χ1) is 5.45. The molecule has 0 aromatic carbocycles. The van der Waals surface area contributed by atoms with Gasteiger partial charge in [-0.2, -0.15) is 5.26 Å². The van der Waals surface area contributed by atoms with E-state index in [0.717, 1.165) is 12.8 Å². The van der Waals surface area contributed by atoms with E-state index < -0.39 is 0 Å². The van der Waals surface area contributed by atoms with Gasteiger partial charge in [-0.05, 0) is 40.5 Å². The Morgan fingerprint density at radius 1 is 1.33 bits per heavy atom. The van der Waals surface area contributed by atoms with E-state index in [-0.39, 0.29) is 5.41 Å². The summed E-state index contributed by atoms with van der Waals surface area (Å²) < 4.78 is 0. The molecule has 0 rings (SSSR count). The summed E-state index contributed by atoms with van der Waals surface area (Å²) in [5, 5.41) is 8.94. The van der Waals surface area contributed by atoms with Crippen molar-refractivity contribution in [1.82, 2.24) is 0 Å². The van der Waals surface area contributed by atoms with E-state index >= 15 is 0 Å². The molecule has 0 saturated carbocycles. The highest BCUT2D eigenvalue weighted by Crippen LogP contribution is 2.29. The Labute approximate surface area is 76.1 Å². The first-order valence-corrected chi connectivity index (χ1v) is 4.49. The van der Waals surface area contributed by atoms with Crippen LogP contribution in [0, 0.1) is 16.7 Å². The maximum Gasteiger partial charge on any atom is 0.0690 e. The molecular formula is C11H19N. The van der Waals surface area contributed by atoms with Crippen LogP contribution < -0.4 is 0 Å². The maximum absolute atomic E-state index is 8.94. The summed E-state index contributed by atoms with van der Waals surface area (Å²) >= 11 is 0. The van der Waals surface area contributed by atoms with Crippen molar-refractivity contribution < 1.29 is 0 Å². The Bertz CT molecular complexity index is 216. The summed E-state index contributed by atoms with van der Waals surface area (Å²) in [7, 11) is 0. The van der Waals surface area contributed by atoms with Crippen LogP contribution in [0.15, 0.2) is 11.1 Å². The van der Waals surface area contributed by atoms with E-state index in [1.807, 2.05) is 6.92 Å². The van der Waals surface area contributed by atoms with Gasteiger partial charge in [-0.25, -0.2) is 0 Å². The molecule has 12 heavy (non-hydrogen) atoms. The zero-order valence-electron chi connectivity index (χ0n) is 8.86. The van der Waals surface area contributed by atoms with Gasteiger partial charge in [0.2, 0.25) is 0 Å². The molecule has 0 aliphatic heterocycles. The Kier molecular flexibility index (Phi) is 4.03. The van der Waals surface area contributed by atoms with Gasteiger partial charge in [-0.15, -0.1) is 0 Å². The second-order valence-corrected chi connectivity index (χ2v) is 3.98. The lowest BCUT2D eigenvalue weighted by Crippen LogP contribution is -2.12. The fraction of sp³-hybridized carbons (Fsp3) is 0.727. The number of allylic oxidation sites excluding steroid dienone is 2. The lowest BCUT2D eigenvalue weighted by atomic mass is 9.82. The van der Waals surface area contributed by atoms with Gasteiger partial charge in [0.05, 0.1) is 11.5 Å². The summed E-state index contributed by atoms with van der Waals surface area (Å²) in [4.78, 5) is 0. The number of hydrogen-bond acceptors (Lipinski definition) is 1. The molecule has 0 heterocycles. The Hall–Kier alpha value is -0.770. The van der Waals surface area contributed by atoms with E-state index in [1.54, 1.807) is 0 Å². The van der Waals surface area contributed by atoms with E-state index in [4.69, 9.17) is 5.26 Å². The van der Waals surface area contributed by atoms with Crippen molar-refractivity contribution in [3.05, 3.63) is 11.1 Å². The molecule has 0 N–H and O–H groups in total. The summed E-state index contributed by atoms with van der Waals surface area (Å²) in [6.07, 6.45) is 1.83. The molecular weight excluding hydrogens is 146 g/mol. The van der Waals surface area contributed by atoms with Gasteiger partial charge in [0.15, 0.2) is 0 Å². The van der Waals surface area contributed by atoms with Crippen molar-refractivity contribution in [3.8, 4) is 6.07 Å². The lowest BCUT2D eigenvalue weighted by molar-refractivity contribution is 0.420. The fourth-order valence-corrected chi connectivity index (χ4v) is 1.01. The molecule has 0 aliphatic carbocycles. The predicted octanol–water partition coefficient (Wildman–Crippen LogP) is 3.67. The standard InChI is InChI=1S/C11H19N/c1-6-11(5,8-12)7-10(4)9(2)3/h6-7H2,1-5H3. The smallest absolute Gasteiger partial charge is 0.0690 e. The van der Waals surface area contributed by atoms with Crippen LogP contribution in [-0.2, 0) is 0 Å². The molecule has 0 aromatic rings. The topological polar surface area (TPSA) is 23.8 Å². The summed E-state index contributed by atoms with van der Waals surface area (Å²) in [5.74, 6) is 0. The third-order valence-corrected chi connectivity index (χ3v) is 2.56. The molecule has 0 radical (unpaired) electrons. The molecule has 0 bridgehead atoms. The highest BCUT2D eigenvalue weighted by molar-refractivity contribution is 5.12. The first-order valence-electron chi connectivity index (χ1n) is 4.49. The summed E-state index contributed by atoms with van der Waals surface area (Å²) in [6.45, 7) is 10.4. The Morgan fingerprint density at radius 3 is 2.08 bits per heavy atom. The zero-order chi connectivity index (χ0) is 9.78. The van der Waals surface area contributed by atoms with Crippen LogP contribution in [0.2, 0.25) is 0 Å². The van der Waals surface area contributed by atoms with Gasteiger partial charge >= 0.3 is 0 Å². The largest absolute Gasteiger partial charge is 0.198 e. The van der Waals surface area contributed by atoms with Crippen molar-refractivity contribution in [2.75, 3.05) is 0 Å². The van der Waals surface area contributed by atoms with Crippen molar-refractivity contribution >= 4 is 0 Å². The maximum atomic E-state index is 8.94. The fourth-order valence-electron chi connectivity index (χ4n) is 1.01. The van der Waals surface area contributed by atoms with Crippen molar-refractivity contribution in [2.24, 2.45) is 5.41 Å². The number of rotatable bonds is 3. The number of nitriles is 1. The minimum absolute atomic E-state index is 0.165. The van der Waals surface area contributed by atoms with Gasteiger partial charge in [0, 0.05) is 0 Å². The molecule has 1 nitrogen and oxygen atoms in total. The monoisotopic (exact) mass is 165 g/mol. The number of hydrogen-bond donors (Lipinski definition) is 0. The van der Waals surface area contributed by atoms with Crippen molar-refractivity contribution in [2.45, 2.75) is 47.5 Å². The van der Waals surface area contributed by atoms with Gasteiger partial charge in [0.1, 0.15) is 0 Å². The minimum Gasteiger partial charge on any atom is -0.198 e. The molecule has 68 valence electrons.